The number of fused-ring (bicyclic) bond motifs is 1. The molecule has 4 heterocycles. The molecule has 0 bridgehead atoms. The Morgan fingerprint density at radius 3 is 2.92 bits per heavy atom. The highest BCUT2D eigenvalue weighted by Crippen LogP contribution is 2.30. The average Bonchev–Trinajstić information content (AvgIpc) is 3.33. The molecule has 1 fully saturated rings. The number of aromatic nitrogens is 4. The van der Waals surface area contributed by atoms with E-state index in [1.54, 1.807) is 5.38 Å². The Balaban J connectivity index is 1.72. The molecule has 7 nitrogen and oxygen atoms in total. The molecule has 0 radical (unpaired) electrons. The zero-order valence-electron chi connectivity index (χ0n) is 15.1. The highest BCUT2D eigenvalue weighted by Gasteiger charge is 2.23. The molecule has 26 heavy (non-hydrogen) atoms. The van der Waals surface area contributed by atoms with Crippen LogP contribution in [0.25, 0.3) is 11.0 Å². The normalized spacial score (nSPS) is 17.1. The van der Waals surface area contributed by atoms with Gasteiger partial charge in [0, 0.05) is 17.7 Å². The van der Waals surface area contributed by atoms with Gasteiger partial charge in [-0.2, -0.15) is 4.37 Å². The van der Waals surface area contributed by atoms with Crippen molar-refractivity contribution in [3.8, 4) is 0 Å². The molecular formula is C18H21N5O2S. The Morgan fingerprint density at radius 1 is 1.38 bits per heavy atom. The van der Waals surface area contributed by atoms with E-state index in [9.17, 15) is 4.79 Å². The first-order valence-corrected chi connectivity index (χ1v) is 9.54. The summed E-state index contributed by atoms with van der Waals surface area (Å²) in [6.07, 6.45) is 3.89. The molecule has 1 amide bonds. The predicted octanol–water partition coefficient (Wildman–Crippen LogP) is 3.24. The van der Waals surface area contributed by atoms with Crippen molar-refractivity contribution in [2.24, 2.45) is 0 Å². The molecular weight excluding hydrogens is 350 g/mol. The molecule has 136 valence electrons. The van der Waals surface area contributed by atoms with Gasteiger partial charge in [0.25, 0.3) is 5.91 Å². The summed E-state index contributed by atoms with van der Waals surface area (Å²) in [6.45, 7) is 7.54. The highest BCUT2D eigenvalue weighted by molar-refractivity contribution is 7.04. The number of carbonyl (C=O) groups is 1. The molecule has 8 heteroatoms. The maximum atomic E-state index is 12.6. The van der Waals surface area contributed by atoms with Crippen molar-refractivity contribution >= 4 is 34.3 Å². The second-order valence-electron chi connectivity index (χ2n) is 6.64. The van der Waals surface area contributed by atoms with Gasteiger partial charge in [-0.25, -0.2) is 9.97 Å². The number of carbonyl (C=O) groups excluding carboxylic acids is 1. The monoisotopic (exact) mass is 371 g/mol. The molecule has 0 unspecified atom stereocenters. The number of ether oxygens (including phenoxy) is 1. The minimum atomic E-state index is -0.194. The van der Waals surface area contributed by atoms with E-state index < -0.39 is 0 Å². The van der Waals surface area contributed by atoms with Gasteiger partial charge >= 0.3 is 0 Å². The Bertz CT molecular complexity index is 972. The molecule has 1 atom stereocenters. The summed E-state index contributed by atoms with van der Waals surface area (Å²) in [4.78, 5) is 21.4. The molecule has 4 rings (SSSR count). The first-order valence-electron chi connectivity index (χ1n) is 8.70. The highest BCUT2D eigenvalue weighted by atomic mass is 32.1. The third-order valence-electron chi connectivity index (χ3n) is 5.04. The number of anilines is 1. The topological polar surface area (TPSA) is 81.9 Å². The number of aryl methyl sites for hydroxylation is 2. The molecule has 1 aliphatic rings. The third kappa shape index (κ3) is 2.89. The van der Waals surface area contributed by atoms with Crippen LogP contribution < -0.4 is 5.32 Å². The first-order chi connectivity index (χ1) is 12.6. The summed E-state index contributed by atoms with van der Waals surface area (Å²) in [7, 11) is 0. The van der Waals surface area contributed by atoms with E-state index in [0.717, 1.165) is 54.0 Å². The molecule has 3 aromatic rings. The largest absolute Gasteiger partial charge is 0.376 e. The van der Waals surface area contributed by atoms with E-state index in [0.29, 0.717) is 11.4 Å². The van der Waals surface area contributed by atoms with Crippen LogP contribution in [0.5, 0.6) is 0 Å². The zero-order chi connectivity index (χ0) is 18.3. The summed E-state index contributed by atoms with van der Waals surface area (Å²) in [5.74, 6) is 0.345. The van der Waals surface area contributed by atoms with Crippen molar-refractivity contribution in [1.29, 1.82) is 0 Å². The first kappa shape index (κ1) is 17.1. The summed E-state index contributed by atoms with van der Waals surface area (Å²) in [5.41, 5.74) is 4.34. The van der Waals surface area contributed by atoms with Crippen molar-refractivity contribution in [2.75, 3.05) is 11.9 Å². The van der Waals surface area contributed by atoms with E-state index in [-0.39, 0.29) is 12.0 Å². The number of nitrogens with zero attached hydrogens (tertiary/aromatic N) is 4. The van der Waals surface area contributed by atoms with Gasteiger partial charge in [0.1, 0.15) is 17.8 Å². The van der Waals surface area contributed by atoms with Crippen LogP contribution in [0, 0.1) is 20.8 Å². The molecule has 0 aliphatic carbocycles. The number of rotatable bonds is 4. The lowest BCUT2D eigenvalue weighted by Crippen LogP contribution is -2.16. The van der Waals surface area contributed by atoms with Crippen LogP contribution in [0.3, 0.4) is 0 Å². The number of hydrogen-bond acceptors (Lipinski definition) is 6. The summed E-state index contributed by atoms with van der Waals surface area (Å²) < 4.78 is 12.1. The standard InChI is InChI=1S/C18H21N5O2S/c1-10-12(3)23(7-13-5-4-6-25-13)17-15(10)16(19-9-20-17)21-18(24)14-8-26-22-11(14)2/h8-9,13H,4-7H2,1-3H3,(H,19,20,21,24)/t13-/m1/s1. The SMILES string of the molecule is Cc1nscc1C(=O)Nc1ncnc2c1c(C)c(C)n2C[C@H]1CCCO1. The second-order valence-corrected chi connectivity index (χ2v) is 7.27. The summed E-state index contributed by atoms with van der Waals surface area (Å²) in [5, 5.41) is 5.58. The van der Waals surface area contributed by atoms with Gasteiger partial charge in [0.15, 0.2) is 0 Å². The van der Waals surface area contributed by atoms with Gasteiger partial charge in [0.2, 0.25) is 0 Å². The van der Waals surface area contributed by atoms with Crippen LogP contribution >= 0.6 is 11.5 Å². The van der Waals surface area contributed by atoms with Gasteiger partial charge in [-0.05, 0) is 50.7 Å². The van der Waals surface area contributed by atoms with Gasteiger partial charge in [-0.1, -0.05) is 0 Å². The number of nitrogens with one attached hydrogen (secondary N) is 1. The lowest BCUT2D eigenvalue weighted by atomic mass is 10.2. The van der Waals surface area contributed by atoms with Crippen molar-refractivity contribution in [2.45, 2.75) is 46.3 Å². The van der Waals surface area contributed by atoms with E-state index in [1.165, 1.54) is 17.9 Å². The van der Waals surface area contributed by atoms with E-state index in [4.69, 9.17) is 4.74 Å². The van der Waals surface area contributed by atoms with Crippen molar-refractivity contribution in [1.82, 2.24) is 18.9 Å². The van der Waals surface area contributed by atoms with Crippen LogP contribution in [-0.4, -0.2) is 37.5 Å². The fourth-order valence-electron chi connectivity index (χ4n) is 3.46. The fraction of sp³-hybridized carbons (Fsp3) is 0.444. The van der Waals surface area contributed by atoms with Gasteiger partial charge in [0.05, 0.1) is 29.3 Å². The van der Waals surface area contributed by atoms with Crippen LogP contribution in [0.2, 0.25) is 0 Å². The lowest BCUT2D eigenvalue weighted by Gasteiger charge is -2.13. The van der Waals surface area contributed by atoms with Gasteiger partial charge < -0.3 is 14.6 Å². The third-order valence-corrected chi connectivity index (χ3v) is 5.76. The Kier molecular flexibility index (Phi) is 4.46. The predicted molar refractivity (Wildman–Crippen MR) is 101 cm³/mol. The Morgan fingerprint density at radius 2 is 2.23 bits per heavy atom. The zero-order valence-corrected chi connectivity index (χ0v) is 15.9. The summed E-state index contributed by atoms with van der Waals surface area (Å²) >= 11 is 1.27. The van der Waals surface area contributed by atoms with Crippen molar-refractivity contribution in [3.63, 3.8) is 0 Å². The molecule has 0 spiro atoms. The number of amides is 1. The average molecular weight is 371 g/mol. The molecule has 3 aromatic heterocycles. The van der Waals surface area contributed by atoms with E-state index in [1.807, 2.05) is 13.8 Å². The van der Waals surface area contributed by atoms with Crippen LogP contribution in [0.4, 0.5) is 5.82 Å². The van der Waals surface area contributed by atoms with Gasteiger partial charge in [-0.15, -0.1) is 0 Å². The van der Waals surface area contributed by atoms with Crippen LogP contribution in [0.1, 0.15) is 40.2 Å². The molecule has 0 aromatic carbocycles. The van der Waals surface area contributed by atoms with E-state index in [2.05, 4.69) is 31.1 Å². The fourth-order valence-corrected chi connectivity index (χ4v) is 4.16. The van der Waals surface area contributed by atoms with Crippen LogP contribution in [-0.2, 0) is 11.3 Å². The van der Waals surface area contributed by atoms with Gasteiger partial charge in [-0.3, -0.25) is 4.79 Å². The summed E-state index contributed by atoms with van der Waals surface area (Å²) in [6, 6.07) is 0. The minimum Gasteiger partial charge on any atom is -0.376 e. The van der Waals surface area contributed by atoms with Crippen molar-refractivity contribution in [3.05, 3.63) is 34.2 Å². The van der Waals surface area contributed by atoms with E-state index >= 15 is 0 Å². The Hall–Kier alpha value is -2.32. The molecule has 1 saturated heterocycles. The number of hydrogen-bond donors (Lipinski definition) is 1. The smallest absolute Gasteiger partial charge is 0.259 e. The molecule has 1 aliphatic heterocycles. The van der Waals surface area contributed by atoms with Crippen LogP contribution in [0.15, 0.2) is 11.7 Å². The molecule has 0 saturated carbocycles. The quantitative estimate of drug-likeness (QED) is 0.761. The molecule has 1 N–H and O–H groups in total. The van der Waals surface area contributed by atoms with Crippen molar-refractivity contribution < 1.29 is 9.53 Å². The minimum absolute atomic E-state index is 0.194. The maximum Gasteiger partial charge on any atom is 0.259 e. The Labute approximate surface area is 155 Å². The maximum absolute atomic E-state index is 12.6. The second kappa shape index (κ2) is 6.77. The lowest BCUT2D eigenvalue weighted by molar-refractivity contribution is 0.0974.